The normalized spacial score (nSPS) is 15.5. The number of nitrogens with zero attached hydrogens (tertiary/aromatic N) is 1. The van der Waals surface area contributed by atoms with Gasteiger partial charge in [-0.15, -0.1) is 24.0 Å². The van der Waals surface area contributed by atoms with Crippen molar-refractivity contribution in [2.24, 2.45) is 4.99 Å². The van der Waals surface area contributed by atoms with Gasteiger partial charge in [-0.25, -0.2) is 4.99 Å². The molecule has 0 spiro atoms. The van der Waals surface area contributed by atoms with E-state index in [1.54, 1.807) is 12.1 Å². The third kappa shape index (κ3) is 9.21. The average molecular weight is 566 g/mol. The summed E-state index contributed by atoms with van der Waals surface area (Å²) in [5.74, 6) is 1.48. The summed E-state index contributed by atoms with van der Waals surface area (Å²) in [6.07, 6.45) is 2.33. The molecular formula is C25H35IN4O3. The highest BCUT2D eigenvalue weighted by Gasteiger charge is 2.17. The molecule has 0 bridgehead atoms. The number of carbonyl (C=O) groups is 1. The van der Waals surface area contributed by atoms with Crippen LogP contribution >= 0.6 is 24.0 Å². The monoisotopic (exact) mass is 566 g/mol. The number of guanidine groups is 1. The van der Waals surface area contributed by atoms with Gasteiger partial charge in [0.15, 0.2) is 5.96 Å². The van der Waals surface area contributed by atoms with Crippen molar-refractivity contribution in [3.05, 3.63) is 65.2 Å². The Bertz CT molecular complexity index is 886. The number of halogens is 1. The highest BCUT2D eigenvalue weighted by Crippen LogP contribution is 2.23. The predicted molar refractivity (Wildman–Crippen MR) is 143 cm³/mol. The van der Waals surface area contributed by atoms with E-state index in [9.17, 15) is 4.79 Å². The quantitative estimate of drug-likeness (QED) is 0.177. The van der Waals surface area contributed by atoms with E-state index in [2.05, 4.69) is 41.1 Å². The van der Waals surface area contributed by atoms with Crippen molar-refractivity contribution in [3.8, 4) is 5.75 Å². The molecule has 1 atom stereocenters. The summed E-state index contributed by atoms with van der Waals surface area (Å²) in [4.78, 5) is 16.8. The van der Waals surface area contributed by atoms with Gasteiger partial charge in [-0.1, -0.05) is 30.3 Å². The van der Waals surface area contributed by atoms with Gasteiger partial charge >= 0.3 is 0 Å². The first-order chi connectivity index (χ1) is 15.7. The maximum absolute atomic E-state index is 12.1. The van der Waals surface area contributed by atoms with Gasteiger partial charge in [0.25, 0.3) is 5.91 Å². The van der Waals surface area contributed by atoms with Gasteiger partial charge in [0.1, 0.15) is 12.4 Å². The van der Waals surface area contributed by atoms with Crippen molar-refractivity contribution in [2.45, 2.75) is 39.3 Å². The molecule has 33 heavy (non-hydrogen) atoms. The van der Waals surface area contributed by atoms with Crippen LogP contribution in [0.2, 0.25) is 0 Å². The SMILES string of the molecule is CCNC(=NCc1ccc(C)cc1OCC1CCCO1)NCCNC(=O)c1ccccc1.I. The number of nitrogens with one attached hydrogen (secondary N) is 3. The first-order valence-corrected chi connectivity index (χ1v) is 11.3. The van der Waals surface area contributed by atoms with E-state index in [1.165, 1.54) is 0 Å². The average Bonchev–Trinajstić information content (AvgIpc) is 3.33. The Morgan fingerprint density at radius 1 is 1.12 bits per heavy atom. The fourth-order valence-electron chi connectivity index (χ4n) is 3.44. The van der Waals surface area contributed by atoms with Crippen LogP contribution in [0.4, 0.5) is 0 Å². The Hall–Kier alpha value is -2.33. The molecule has 0 aromatic heterocycles. The maximum Gasteiger partial charge on any atom is 0.251 e. The van der Waals surface area contributed by atoms with Crippen LogP contribution in [0.1, 0.15) is 41.3 Å². The Morgan fingerprint density at radius 3 is 2.64 bits per heavy atom. The molecule has 0 radical (unpaired) electrons. The molecule has 1 aliphatic heterocycles. The van der Waals surface area contributed by atoms with E-state index in [0.717, 1.165) is 42.9 Å². The van der Waals surface area contributed by atoms with Crippen molar-refractivity contribution in [3.63, 3.8) is 0 Å². The topological polar surface area (TPSA) is 84.0 Å². The highest BCUT2D eigenvalue weighted by molar-refractivity contribution is 14.0. The number of ether oxygens (including phenoxy) is 2. The van der Waals surface area contributed by atoms with Crippen molar-refractivity contribution in [1.82, 2.24) is 16.0 Å². The van der Waals surface area contributed by atoms with Crippen molar-refractivity contribution < 1.29 is 14.3 Å². The molecule has 180 valence electrons. The lowest BCUT2D eigenvalue weighted by molar-refractivity contribution is 0.0676. The molecule has 3 rings (SSSR count). The Labute approximate surface area is 213 Å². The second-order valence-electron chi connectivity index (χ2n) is 7.80. The molecule has 3 N–H and O–H groups in total. The number of aliphatic imine (C=N–C) groups is 1. The molecule has 7 nitrogen and oxygen atoms in total. The highest BCUT2D eigenvalue weighted by atomic mass is 127. The van der Waals surface area contributed by atoms with E-state index in [1.807, 2.05) is 25.1 Å². The third-order valence-electron chi connectivity index (χ3n) is 5.16. The molecule has 1 saturated heterocycles. The minimum absolute atomic E-state index is 0. The molecular weight excluding hydrogens is 531 g/mol. The van der Waals surface area contributed by atoms with E-state index in [-0.39, 0.29) is 36.0 Å². The second kappa shape index (κ2) is 14.7. The summed E-state index contributed by atoms with van der Waals surface area (Å²) >= 11 is 0. The van der Waals surface area contributed by atoms with Crippen LogP contribution in [0.25, 0.3) is 0 Å². The zero-order chi connectivity index (χ0) is 22.6. The second-order valence-corrected chi connectivity index (χ2v) is 7.80. The summed E-state index contributed by atoms with van der Waals surface area (Å²) in [6.45, 7) is 7.78. The lowest BCUT2D eigenvalue weighted by Gasteiger charge is -2.16. The maximum atomic E-state index is 12.1. The fraction of sp³-hybridized carbons (Fsp3) is 0.440. The Kier molecular flexibility index (Phi) is 12.0. The fourth-order valence-corrected chi connectivity index (χ4v) is 3.44. The van der Waals surface area contributed by atoms with E-state index in [4.69, 9.17) is 14.5 Å². The summed E-state index contributed by atoms with van der Waals surface area (Å²) in [6, 6.07) is 15.4. The lowest BCUT2D eigenvalue weighted by atomic mass is 10.1. The van der Waals surface area contributed by atoms with Gasteiger partial charge in [0.2, 0.25) is 0 Å². The number of amides is 1. The van der Waals surface area contributed by atoms with Gasteiger partial charge in [0.05, 0.1) is 12.6 Å². The molecule has 0 saturated carbocycles. The van der Waals surface area contributed by atoms with E-state index >= 15 is 0 Å². The van der Waals surface area contributed by atoms with Crippen LogP contribution in [0, 0.1) is 6.92 Å². The number of rotatable bonds is 10. The summed E-state index contributed by atoms with van der Waals surface area (Å²) in [5, 5.41) is 9.43. The number of carbonyl (C=O) groups excluding carboxylic acids is 1. The smallest absolute Gasteiger partial charge is 0.251 e. The zero-order valence-electron chi connectivity index (χ0n) is 19.4. The number of hydrogen-bond donors (Lipinski definition) is 3. The zero-order valence-corrected chi connectivity index (χ0v) is 21.8. The molecule has 1 amide bonds. The first kappa shape index (κ1) is 26.9. The minimum Gasteiger partial charge on any atom is -0.491 e. The van der Waals surface area contributed by atoms with Crippen LogP contribution in [-0.2, 0) is 11.3 Å². The third-order valence-corrected chi connectivity index (χ3v) is 5.16. The van der Waals surface area contributed by atoms with Crippen LogP contribution in [0.15, 0.2) is 53.5 Å². The predicted octanol–water partition coefficient (Wildman–Crippen LogP) is 3.66. The van der Waals surface area contributed by atoms with Crippen molar-refractivity contribution in [2.75, 3.05) is 32.8 Å². The van der Waals surface area contributed by atoms with Crippen molar-refractivity contribution >= 4 is 35.8 Å². The van der Waals surface area contributed by atoms with Crippen molar-refractivity contribution in [1.29, 1.82) is 0 Å². The standard InChI is InChI=1S/C25H34N4O3.HI/c1-3-26-25(28-14-13-27-24(30)20-8-5-4-6-9-20)29-17-21-12-11-19(2)16-23(21)32-18-22-10-7-15-31-22;/h4-6,8-9,11-12,16,22H,3,7,10,13-15,17-18H2,1-2H3,(H,27,30)(H2,26,28,29);1H. The Balaban J connectivity index is 0.00000385. The first-order valence-electron chi connectivity index (χ1n) is 11.3. The molecule has 8 heteroatoms. The van der Waals surface area contributed by atoms with Crippen LogP contribution < -0.4 is 20.7 Å². The number of hydrogen-bond acceptors (Lipinski definition) is 4. The van der Waals surface area contributed by atoms with E-state index in [0.29, 0.717) is 37.8 Å². The molecule has 2 aromatic carbocycles. The van der Waals surface area contributed by atoms with E-state index < -0.39 is 0 Å². The summed E-state index contributed by atoms with van der Waals surface area (Å²) < 4.78 is 11.8. The molecule has 1 aliphatic rings. The Morgan fingerprint density at radius 2 is 1.91 bits per heavy atom. The van der Waals surface area contributed by atoms with Gasteiger partial charge in [0, 0.05) is 37.4 Å². The molecule has 2 aromatic rings. The largest absolute Gasteiger partial charge is 0.491 e. The lowest BCUT2D eigenvalue weighted by Crippen LogP contribution is -2.41. The van der Waals surface area contributed by atoms with Gasteiger partial charge in [-0.05, 0) is 50.5 Å². The van der Waals surface area contributed by atoms with Gasteiger partial charge < -0.3 is 25.4 Å². The number of benzene rings is 2. The number of aryl methyl sites for hydroxylation is 1. The van der Waals surface area contributed by atoms with Gasteiger partial charge in [-0.2, -0.15) is 0 Å². The summed E-state index contributed by atoms with van der Waals surface area (Å²) in [5.41, 5.74) is 2.84. The van der Waals surface area contributed by atoms with Gasteiger partial charge in [-0.3, -0.25) is 4.79 Å². The van der Waals surface area contributed by atoms with Crippen LogP contribution in [-0.4, -0.2) is 50.8 Å². The molecule has 1 fully saturated rings. The summed E-state index contributed by atoms with van der Waals surface area (Å²) in [7, 11) is 0. The van der Waals surface area contributed by atoms with Crippen LogP contribution in [0.5, 0.6) is 5.75 Å². The van der Waals surface area contributed by atoms with Crippen LogP contribution in [0.3, 0.4) is 0 Å². The minimum atomic E-state index is -0.0815. The molecule has 0 aliphatic carbocycles. The molecule has 1 unspecified atom stereocenters. The molecule has 1 heterocycles.